The number of aryl methyl sites for hydroxylation is 2. The average Bonchev–Trinajstić information content (AvgIpc) is 2.76. The summed E-state index contributed by atoms with van der Waals surface area (Å²) < 4.78 is 0. The third-order valence-corrected chi connectivity index (χ3v) is 4.03. The van der Waals surface area contributed by atoms with Gasteiger partial charge in [-0.25, -0.2) is 9.97 Å². The first-order chi connectivity index (χ1) is 10.9. The van der Waals surface area contributed by atoms with E-state index in [0.717, 1.165) is 22.7 Å². The first-order valence-electron chi connectivity index (χ1n) is 7.40. The van der Waals surface area contributed by atoms with Crippen molar-refractivity contribution in [3.05, 3.63) is 52.3 Å². The minimum Gasteiger partial charge on any atom is -0.272 e. The molecule has 2 heterocycles. The molecule has 23 heavy (non-hydrogen) atoms. The first-order valence-corrected chi connectivity index (χ1v) is 7.77. The molecule has 5 nitrogen and oxygen atoms in total. The number of amides is 1. The predicted octanol–water partition coefficient (Wildman–Crippen LogP) is 3.33. The highest BCUT2D eigenvalue weighted by Gasteiger charge is 2.35. The normalized spacial score (nSPS) is 17.6. The third kappa shape index (κ3) is 3.24. The Kier molecular flexibility index (Phi) is 4.13. The molecule has 1 aromatic heterocycles. The van der Waals surface area contributed by atoms with Gasteiger partial charge in [0.15, 0.2) is 0 Å². The monoisotopic (exact) mass is 328 g/mol. The van der Waals surface area contributed by atoms with Gasteiger partial charge < -0.3 is 0 Å². The summed E-state index contributed by atoms with van der Waals surface area (Å²) in [6.45, 7) is 5.61. The number of carbonyl (C=O) groups excluding carboxylic acids is 1. The molecule has 0 bridgehead atoms. The van der Waals surface area contributed by atoms with Gasteiger partial charge in [0.05, 0.1) is 5.92 Å². The van der Waals surface area contributed by atoms with Crippen molar-refractivity contribution in [2.24, 2.45) is 11.0 Å². The molecule has 118 valence electrons. The van der Waals surface area contributed by atoms with Gasteiger partial charge in [0.25, 0.3) is 11.9 Å². The van der Waals surface area contributed by atoms with Crippen molar-refractivity contribution in [1.82, 2.24) is 9.97 Å². The fourth-order valence-electron chi connectivity index (χ4n) is 2.64. The van der Waals surface area contributed by atoms with E-state index in [9.17, 15) is 4.79 Å². The van der Waals surface area contributed by atoms with Crippen molar-refractivity contribution in [1.29, 1.82) is 0 Å². The van der Waals surface area contributed by atoms with Gasteiger partial charge in [-0.15, -0.1) is 0 Å². The Hall–Kier alpha value is -2.27. The maximum atomic E-state index is 12.7. The van der Waals surface area contributed by atoms with Crippen molar-refractivity contribution in [2.45, 2.75) is 27.2 Å². The third-order valence-electron chi connectivity index (χ3n) is 3.78. The summed E-state index contributed by atoms with van der Waals surface area (Å²) in [7, 11) is 0. The molecule has 0 saturated heterocycles. The van der Waals surface area contributed by atoms with Gasteiger partial charge in [-0.3, -0.25) is 4.79 Å². The number of nitrogens with zero attached hydrogens (tertiary/aromatic N) is 4. The molecule has 1 aliphatic rings. The van der Waals surface area contributed by atoms with Gasteiger partial charge in [0.1, 0.15) is 0 Å². The molecule has 2 aromatic rings. The number of carbonyl (C=O) groups is 1. The summed E-state index contributed by atoms with van der Waals surface area (Å²) in [5.74, 6) is -0.0477. The minimum absolute atomic E-state index is 0.0950. The van der Waals surface area contributed by atoms with Crippen molar-refractivity contribution >= 4 is 29.2 Å². The fraction of sp³-hybridized carbons (Fsp3) is 0.294. The Labute approximate surface area is 140 Å². The standard InChI is InChI=1S/C17H17ClN4O/c1-10-8-11(2)20-17(19-10)22-16(23)15(12(3)21-22)9-13-4-6-14(18)7-5-13/h4-8,15H,9H2,1-3H3/t15-/m1/s1. The van der Waals surface area contributed by atoms with Gasteiger partial charge >= 0.3 is 0 Å². The second kappa shape index (κ2) is 6.08. The molecule has 1 aromatic carbocycles. The number of hydrogen-bond acceptors (Lipinski definition) is 4. The van der Waals surface area contributed by atoms with Crippen LogP contribution < -0.4 is 5.01 Å². The van der Waals surface area contributed by atoms with Crippen molar-refractivity contribution in [2.75, 3.05) is 5.01 Å². The summed E-state index contributed by atoms with van der Waals surface area (Å²) in [6, 6.07) is 9.38. The smallest absolute Gasteiger partial charge is 0.259 e. The summed E-state index contributed by atoms with van der Waals surface area (Å²) in [5.41, 5.74) is 3.45. The van der Waals surface area contributed by atoms with Crippen molar-refractivity contribution in [3.8, 4) is 0 Å². The highest BCUT2D eigenvalue weighted by atomic mass is 35.5. The largest absolute Gasteiger partial charge is 0.272 e. The molecule has 0 N–H and O–H groups in total. The lowest BCUT2D eigenvalue weighted by Gasteiger charge is -2.13. The summed E-state index contributed by atoms with van der Waals surface area (Å²) in [5, 5.41) is 6.36. The van der Waals surface area contributed by atoms with Crippen LogP contribution in [0.2, 0.25) is 5.02 Å². The van der Waals surface area contributed by atoms with Crippen LogP contribution in [0.4, 0.5) is 5.95 Å². The molecule has 6 heteroatoms. The van der Waals surface area contributed by atoms with E-state index in [0.29, 0.717) is 17.4 Å². The van der Waals surface area contributed by atoms with Gasteiger partial charge in [-0.1, -0.05) is 23.7 Å². The summed E-state index contributed by atoms with van der Waals surface area (Å²) in [4.78, 5) is 21.4. The Bertz CT molecular complexity index is 765. The van der Waals surface area contributed by atoms with E-state index in [1.165, 1.54) is 5.01 Å². The van der Waals surface area contributed by atoms with Crippen LogP contribution in [-0.4, -0.2) is 21.6 Å². The van der Waals surface area contributed by atoms with Gasteiger partial charge in [-0.2, -0.15) is 10.1 Å². The quantitative estimate of drug-likeness (QED) is 0.868. The number of halogens is 1. The summed E-state index contributed by atoms with van der Waals surface area (Å²) in [6.07, 6.45) is 0.590. The molecule has 0 spiro atoms. The first kappa shape index (κ1) is 15.6. The molecule has 1 atom stereocenters. The van der Waals surface area contributed by atoms with E-state index in [4.69, 9.17) is 11.6 Å². The highest BCUT2D eigenvalue weighted by Crippen LogP contribution is 2.24. The Morgan fingerprint density at radius 3 is 2.30 bits per heavy atom. The van der Waals surface area contributed by atoms with Crippen LogP contribution >= 0.6 is 11.6 Å². The van der Waals surface area contributed by atoms with Crippen LogP contribution in [-0.2, 0) is 11.2 Å². The topological polar surface area (TPSA) is 58.5 Å². The molecule has 0 aliphatic carbocycles. The number of aromatic nitrogens is 2. The van der Waals surface area contributed by atoms with E-state index >= 15 is 0 Å². The molecule has 1 amide bonds. The van der Waals surface area contributed by atoms with E-state index in [-0.39, 0.29) is 11.8 Å². The predicted molar refractivity (Wildman–Crippen MR) is 90.7 cm³/mol. The molecule has 0 saturated carbocycles. The van der Waals surface area contributed by atoms with Crippen LogP contribution in [0.25, 0.3) is 0 Å². The number of anilines is 1. The van der Waals surface area contributed by atoms with Crippen LogP contribution in [0, 0.1) is 19.8 Å². The van der Waals surface area contributed by atoms with E-state index < -0.39 is 0 Å². The minimum atomic E-state index is -0.291. The summed E-state index contributed by atoms with van der Waals surface area (Å²) >= 11 is 5.90. The second-order valence-corrected chi connectivity index (χ2v) is 6.16. The molecular formula is C17H17ClN4O. The number of hydrazone groups is 1. The van der Waals surface area contributed by atoms with Crippen LogP contribution in [0.1, 0.15) is 23.9 Å². The molecular weight excluding hydrogens is 312 g/mol. The average molecular weight is 329 g/mol. The molecule has 3 rings (SSSR count). The molecule has 0 unspecified atom stereocenters. The Morgan fingerprint density at radius 2 is 1.70 bits per heavy atom. The molecule has 0 fully saturated rings. The van der Waals surface area contributed by atoms with Crippen molar-refractivity contribution < 1.29 is 4.79 Å². The van der Waals surface area contributed by atoms with Gasteiger partial charge in [-0.05, 0) is 51.0 Å². The van der Waals surface area contributed by atoms with Gasteiger partial charge in [0, 0.05) is 22.1 Å². The van der Waals surface area contributed by atoms with Crippen molar-refractivity contribution in [3.63, 3.8) is 0 Å². The molecule has 0 radical (unpaired) electrons. The molecule has 1 aliphatic heterocycles. The van der Waals surface area contributed by atoms with Crippen LogP contribution in [0.3, 0.4) is 0 Å². The Balaban J connectivity index is 1.84. The zero-order valence-electron chi connectivity index (χ0n) is 13.2. The zero-order valence-corrected chi connectivity index (χ0v) is 14.0. The SMILES string of the molecule is CC1=NN(c2nc(C)cc(C)n2)C(=O)[C@@H]1Cc1ccc(Cl)cc1. The fourth-order valence-corrected chi connectivity index (χ4v) is 2.77. The lowest BCUT2D eigenvalue weighted by atomic mass is 9.95. The van der Waals surface area contributed by atoms with Crippen LogP contribution in [0.15, 0.2) is 35.4 Å². The van der Waals surface area contributed by atoms with E-state index in [1.807, 2.05) is 51.1 Å². The maximum Gasteiger partial charge on any atom is 0.259 e. The zero-order chi connectivity index (χ0) is 16.6. The number of rotatable bonds is 3. The Morgan fingerprint density at radius 1 is 1.09 bits per heavy atom. The van der Waals surface area contributed by atoms with E-state index in [2.05, 4.69) is 15.1 Å². The highest BCUT2D eigenvalue weighted by molar-refractivity contribution is 6.30. The van der Waals surface area contributed by atoms with Gasteiger partial charge in [0.2, 0.25) is 0 Å². The lowest BCUT2D eigenvalue weighted by Crippen LogP contribution is -2.29. The maximum absolute atomic E-state index is 12.7. The number of hydrogen-bond donors (Lipinski definition) is 0. The number of benzene rings is 1. The lowest BCUT2D eigenvalue weighted by molar-refractivity contribution is -0.119. The van der Waals surface area contributed by atoms with E-state index in [1.54, 1.807) is 0 Å². The second-order valence-electron chi connectivity index (χ2n) is 5.73. The van der Waals surface area contributed by atoms with Crippen LogP contribution in [0.5, 0.6) is 0 Å².